The summed E-state index contributed by atoms with van der Waals surface area (Å²) in [5.41, 5.74) is 2.96. The Bertz CT molecular complexity index is 1130. The number of fused-ring (bicyclic) bond motifs is 3. The zero-order valence-corrected chi connectivity index (χ0v) is 17.3. The maximum atomic E-state index is 13.1. The van der Waals surface area contributed by atoms with Gasteiger partial charge in [-0.25, -0.2) is 4.98 Å². The van der Waals surface area contributed by atoms with Crippen molar-refractivity contribution in [2.24, 2.45) is 0 Å². The van der Waals surface area contributed by atoms with Gasteiger partial charge in [-0.2, -0.15) is 0 Å². The van der Waals surface area contributed by atoms with Crippen LogP contribution in [0.25, 0.3) is 10.2 Å². The molecule has 2 heterocycles. The third-order valence-electron chi connectivity index (χ3n) is 4.85. The lowest BCUT2D eigenvalue weighted by molar-refractivity contribution is -0.113. The SMILES string of the molecule is C=CCn1c(SCC(=O)Nc2ccccc2C)nc2sc3c(c2c1=O)CCC3. The third kappa shape index (κ3) is 3.52. The van der Waals surface area contributed by atoms with Gasteiger partial charge in [0.2, 0.25) is 5.91 Å². The van der Waals surface area contributed by atoms with E-state index in [1.807, 2.05) is 31.2 Å². The number of hydrogen-bond acceptors (Lipinski definition) is 5. The monoisotopic (exact) mass is 411 g/mol. The highest BCUT2D eigenvalue weighted by atomic mass is 32.2. The van der Waals surface area contributed by atoms with Crippen LogP contribution in [0.4, 0.5) is 5.69 Å². The van der Waals surface area contributed by atoms with Crippen LogP contribution in [0.2, 0.25) is 0 Å². The van der Waals surface area contributed by atoms with Crippen LogP contribution in [0.1, 0.15) is 22.4 Å². The molecule has 0 spiro atoms. The summed E-state index contributed by atoms with van der Waals surface area (Å²) < 4.78 is 1.63. The molecule has 0 unspecified atom stereocenters. The Hall–Kier alpha value is -2.38. The van der Waals surface area contributed by atoms with Crippen molar-refractivity contribution in [3.8, 4) is 0 Å². The fourth-order valence-electron chi connectivity index (χ4n) is 3.49. The lowest BCUT2D eigenvalue weighted by Gasteiger charge is -2.11. The molecule has 1 aromatic carbocycles. The average Bonchev–Trinajstić information content (AvgIpc) is 3.25. The number of allylic oxidation sites excluding steroid dienone is 1. The van der Waals surface area contributed by atoms with Crippen molar-refractivity contribution in [2.45, 2.75) is 37.9 Å². The molecular formula is C21H21N3O2S2. The van der Waals surface area contributed by atoms with E-state index in [0.717, 1.165) is 40.7 Å². The molecule has 28 heavy (non-hydrogen) atoms. The molecule has 0 saturated heterocycles. The molecule has 1 aliphatic carbocycles. The van der Waals surface area contributed by atoms with E-state index in [-0.39, 0.29) is 17.2 Å². The van der Waals surface area contributed by atoms with E-state index in [2.05, 4.69) is 11.9 Å². The van der Waals surface area contributed by atoms with Gasteiger partial charge in [0.15, 0.2) is 5.16 Å². The number of thiophene rings is 1. The quantitative estimate of drug-likeness (QED) is 0.376. The number of nitrogens with zero attached hydrogens (tertiary/aromatic N) is 2. The van der Waals surface area contributed by atoms with E-state index in [9.17, 15) is 9.59 Å². The Balaban J connectivity index is 1.60. The molecule has 1 aliphatic rings. The molecular weight excluding hydrogens is 390 g/mol. The number of amides is 1. The third-order valence-corrected chi connectivity index (χ3v) is 7.02. The summed E-state index contributed by atoms with van der Waals surface area (Å²) in [5, 5.41) is 4.25. The van der Waals surface area contributed by atoms with Crippen LogP contribution < -0.4 is 10.9 Å². The molecule has 3 aromatic rings. The lowest BCUT2D eigenvalue weighted by Crippen LogP contribution is -2.24. The van der Waals surface area contributed by atoms with Gasteiger partial charge in [-0.05, 0) is 43.4 Å². The summed E-state index contributed by atoms with van der Waals surface area (Å²) in [6, 6.07) is 7.66. The van der Waals surface area contributed by atoms with Crippen LogP contribution in [0.3, 0.4) is 0 Å². The van der Waals surface area contributed by atoms with Crippen LogP contribution in [0.15, 0.2) is 46.9 Å². The van der Waals surface area contributed by atoms with Gasteiger partial charge >= 0.3 is 0 Å². The van der Waals surface area contributed by atoms with Gasteiger partial charge in [0.25, 0.3) is 5.56 Å². The fourth-order valence-corrected chi connectivity index (χ4v) is 5.60. The highest BCUT2D eigenvalue weighted by Gasteiger charge is 2.23. The van der Waals surface area contributed by atoms with Gasteiger partial charge in [0.05, 0.1) is 11.1 Å². The summed E-state index contributed by atoms with van der Waals surface area (Å²) in [5.74, 6) is 0.0709. The van der Waals surface area contributed by atoms with Crippen molar-refractivity contribution >= 4 is 44.9 Å². The second-order valence-corrected chi connectivity index (χ2v) is 8.81. The highest BCUT2D eigenvalue weighted by molar-refractivity contribution is 7.99. The minimum atomic E-state index is -0.118. The normalized spacial score (nSPS) is 12.9. The topological polar surface area (TPSA) is 64.0 Å². The smallest absolute Gasteiger partial charge is 0.263 e. The fraction of sp³-hybridized carbons (Fsp3) is 0.286. The second kappa shape index (κ2) is 7.93. The number of aromatic nitrogens is 2. The number of anilines is 1. The zero-order chi connectivity index (χ0) is 19.7. The molecule has 0 bridgehead atoms. The van der Waals surface area contributed by atoms with Gasteiger partial charge in [0.1, 0.15) is 4.83 Å². The predicted octanol–water partition coefficient (Wildman–Crippen LogP) is 4.17. The van der Waals surface area contributed by atoms with Gasteiger partial charge in [-0.15, -0.1) is 17.9 Å². The van der Waals surface area contributed by atoms with Crippen molar-refractivity contribution in [1.82, 2.24) is 9.55 Å². The van der Waals surface area contributed by atoms with E-state index in [1.54, 1.807) is 22.0 Å². The van der Waals surface area contributed by atoms with E-state index in [1.165, 1.54) is 22.2 Å². The Morgan fingerprint density at radius 3 is 3.00 bits per heavy atom. The second-order valence-electron chi connectivity index (χ2n) is 6.79. The van der Waals surface area contributed by atoms with Crippen molar-refractivity contribution < 1.29 is 4.79 Å². The predicted molar refractivity (Wildman–Crippen MR) is 117 cm³/mol. The molecule has 0 saturated carbocycles. The van der Waals surface area contributed by atoms with E-state index in [0.29, 0.717) is 11.7 Å². The minimum Gasteiger partial charge on any atom is -0.325 e. The summed E-state index contributed by atoms with van der Waals surface area (Å²) in [4.78, 5) is 32.3. The van der Waals surface area contributed by atoms with Gasteiger partial charge in [-0.1, -0.05) is 36.0 Å². The standard InChI is InChI=1S/C21H21N3O2S2/c1-3-11-24-20(26)18-14-8-6-10-16(14)28-19(18)23-21(24)27-12-17(25)22-15-9-5-4-7-13(15)2/h3-5,7,9H,1,6,8,10-12H2,2H3,(H,22,25). The number of rotatable bonds is 6. The Morgan fingerprint density at radius 2 is 2.21 bits per heavy atom. The van der Waals surface area contributed by atoms with Gasteiger partial charge in [0, 0.05) is 17.1 Å². The Labute approximate surface area is 171 Å². The van der Waals surface area contributed by atoms with E-state index >= 15 is 0 Å². The first-order chi connectivity index (χ1) is 13.6. The first kappa shape index (κ1) is 19.0. The van der Waals surface area contributed by atoms with Crippen molar-refractivity contribution in [3.05, 3.63) is 63.3 Å². The molecule has 5 nitrogen and oxygen atoms in total. The average molecular weight is 412 g/mol. The Kier molecular flexibility index (Phi) is 5.37. The lowest BCUT2D eigenvalue weighted by atomic mass is 10.2. The molecule has 144 valence electrons. The first-order valence-corrected chi connectivity index (χ1v) is 11.0. The number of hydrogen-bond donors (Lipinski definition) is 1. The number of carbonyl (C=O) groups is 1. The van der Waals surface area contributed by atoms with Crippen molar-refractivity contribution in [2.75, 3.05) is 11.1 Å². The maximum absolute atomic E-state index is 13.1. The molecule has 7 heteroatoms. The number of aryl methyl sites for hydroxylation is 3. The minimum absolute atomic E-state index is 0.0221. The summed E-state index contributed by atoms with van der Waals surface area (Å²) >= 11 is 2.90. The van der Waals surface area contributed by atoms with Crippen LogP contribution in [0.5, 0.6) is 0 Å². The van der Waals surface area contributed by atoms with Crippen molar-refractivity contribution in [1.29, 1.82) is 0 Å². The number of para-hydroxylation sites is 1. The first-order valence-electron chi connectivity index (χ1n) is 9.22. The summed E-state index contributed by atoms with van der Waals surface area (Å²) in [6.07, 6.45) is 4.77. The summed E-state index contributed by atoms with van der Waals surface area (Å²) in [6.45, 7) is 6.10. The molecule has 0 fully saturated rings. The van der Waals surface area contributed by atoms with E-state index < -0.39 is 0 Å². The van der Waals surface area contributed by atoms with Crippen molar-refractivity contribution in [3.63, 3.8) is 0 Å². The van der Waals surface area contributed by atoms with Crippen LogP contribution in [0, 0.1) is 6.92 Å². The number of benzene rings is 1. The number of thioether (sulfide) groups is 1. The van der Waals surface area contributed by atoms with Gasteiger partial charge < -0.3 is 5.32 Å². The molecule has 4 rings (SSSR count). The molecule has 0 aliphatic heterocycles. The molecule has 1 amide bonds. The van der Waals surface area contributed by atoms with E-state index in [4.69, 9.17) is 4.98 Å². The van der Waals surface area contributed by atoms with Gasteiger partial charge in [-0.3, -0.25) is 14.2 Å². The zero-order valence-electron chi connectivity index (χ0n) is 15.7. The molecule has 2 aromatic heterocycles. The van der Waals surface area contributed by atoms with Crippen LogP contribution in [-0.4, -0.2) is 21.2 Å². The highest BCUT2D eigenvalue weighted by Crippen LogP contribution is 2.35. The molecule has 0 atom stereocenters. The number of nitrogens with one attached hydrogen (secondary N) is 1. The maximum Gasteiger partial charge on any atom is 0.263 e. The number of carbonyl (C=O) groups excluding carboxylic acids is 1. The molecule has 1 N–H and O–H groups in total. The van der Waals surface area contributed by atoms with Crippen LogP contribution in [-0.2, 0) is 24.2 Å². The molecule has 0 radical (unpaired) electrons. The largest absolute Gasteiger partial charge is 0.325 e. The summed E-state index contributed by atoms with van der Waals surface area (Å²) in [7, 11) is 0. The Morgan fingerprint density at radius 1 is 1.39 bits per heavy atom. The van der Waals surface area contributed by atoms with Crippen LogP contribution >= 0.6 is 23.1 Å².